The fraction of sp³-hybridized carbons (Fsp3) is 0.421. The molecule has 1 aromatic carbocycles. The van der Waals surface area contributed by atoms with Crippen LogP contribution in [-0.2, 0) is 0 Å². The lowest BCUT2D eigenvalue weighted by Crippen LogP contribution is -2.46. The molecule has 1 saturated heterocycles. The highest BCUT2D eigenvalue weighted by molar-refractivity contribution is 5.95. The summed E-state index contributed by atoms with van der Waals surface area (Å²) < 4.78 is 0. The van der Waals surface area contributed by atoms with Gasteiger partial charge in [0.25, 0.3) is 5.91 Å². The highest BCUT2D eigenvalue weighted by atomic mass is 16.3. The van der Waals surface area contributed by atoms with Gasteiger partial charge in [-0.3, -0.25) is 4.79 Å². The molecule has 1 aliphatic rings. The van der Waals surface area contributed by atoms with E-state index in [1.165, 1.54) is 6.33 Å². The zero-order valence-corrected chi connectivity index (χ0v) is 15.4. The zero-order chi connectivity index (χ0) is 18.7. The molecule has 1 amide bonds. The number of aromatic nitrogens is 2. The molecule has 1 fully saturated rings. The third-order valence-corrected chi connectivity index (χ3v) is 4.82. The van der Waals surface area contributed by atoms with Crippen molar-refractivity contribution >= 4 is 17.5 Å². The predicted molar refractivity (Wildman–Crippen MR) is 101 cm³/mol. The Labute approximate surface area is 153 Å². The van der Waals surface area contributed by atoms with E-state index >= 15 is 0 Å². The van der Waals surface area contributed by atoms with Crippen molar-refractivity contribution in [2.75, 3.05) is 43.9 Å². The van der Waals surface area contributed by atoms with E-state index in [9.17, 15) is 9.90 Å². The Kier molecular flexibility index (Phi) is 5.08. The minimum atomic E-state index is -0.960. The minimum Gasteiger partial charge on any atom is -0.386 e. The van der Waals surface area contributed by atoms with Gasteiger partial charge in [0.2, 0.25) is 0 Å². The molecule has 0 aliphatic carbocycles. The monoisotopic (exact) mass is 355 g/mol. The number of carbonyl (C=O) groups excluding carboxylic acids is 1. The van der Waals surface area contributed by atoms with Gasteiger partial charge in [-0.25, -0.2) is 9.97 Å². The van der Waals surface area contributed by atoms with Crippen LogP contribution in [0.3, 0.4) is 0 Å². The SMILES string of the molecule is CNc1cc(N2CC[C@@](O)(CN(C)C(=O)c3ccccc3C)C2)ncn1. The Balaban J connectivity index is 1.68. The van der Waals surface area contributed by atoms with Crippen LogP contribution in [0.15, 0.2) is 36.7 Å². The third-order valence-electron chi connectivity index (χ3n) is 4.82. The van der Waals surface area contributed by atoms with Crippen molar-refractivity contribution in [1.29, 1.82) is 0 Å². The first kappa shape index (κ1) is 18.1. The molecule has 0 unspecified atom stereocenters. The standard InChI is InChI=1S/C19H25N5O2/c1-14-6-4-5-7-15(14)18(25)23(3)11-19(26)8-9-24(12-19)17-10-16(20-2)21-13-22-17/h4-7,10,13,26H,8-9,11-12H2,1-3H3,(H,20,21,22)/t19-/m1/s1. The van der Waals surface area contributed by atoms with Crippen molar-refractivity contribution in [1.82, 2.24) is 14.9 Å². The van der Waals surface area contributed by atoms with E-state index in [1.807, 2.05) is 42.2 Å². The molecule has 2 N–H and O–H groups in total. The van der Waals surface area contributed by atoms with E-state index in [-0.39, 0.29) is 12.5 Å². The third kappa shape index (κ3) is 3.77. The molecular formula is C19H25N5O2. The van der Waals surface area contributed by atoms with Gasteiger partial charge in [-0.1, -0.05) is 18.2 Å². The minimum absolute atomic E-state index is 0.0746. The summed E-state index contributed by atoms with van der Waals surface area (Å²) >= 11 is 0. The molecule has 26 heavy (non-hydrogen) atoms. The second-order valence-electron chi connectivity index (χ2n) is 6.88. The van der Waals surface area contributed by atoms with Crippen LogP contribution in [0.4, 0.5) is 11.6 Å². The molecule has 0 spiro atoms. The van der Waals surface area contributed by atoms with Gasteiger partial charge in [-0.15, -0.1) is 0 Å². The van der Waals surface area contributed by atoms with Gasteiger partial charge in [-0.05, 0) is 25.0 Å². The Morgan fingerprint density at radius 1 is 1.38 bits per heavy atom. The molecular weight excluding hydrogens is 330 g/mol. The zero-order valence-electron chi connectivity index (χ0n) is 15.4. The number of anilines is 2. The summed E-state index contributed by atoms with van der Waals surface area (Å²) in [7, 11) is 3.54. The van der Waals surface area contributed by atoms with Crippen molar-refractivity contribution in [2.24, 2.45) is 0 Å². The first-order chi connectivity index (χ1) is 12.4. The maximum atomic E-state index is 12.7. The molecule has 138 valence electrons. The number of likely N-dealkylation sites (N-methyl/N-ethyl adjacent to an activating group) is 1. The summed E-state index contributed by atoms with van der Waals surface area (Å²) in [4.78, 5) is 24.7. The number of β-amino-alcohol motifs (C(OH)–C–C–N with tert-alkyl or cyclic N) is 1. The number of nitrogens with zero attached hydrogens (tertiary/aromatic N) is 4. The lowest BCUT2D eigenvalue weighted by atomic mass is 10.0. The van der Waals surface area contributed by atoms with Crippen molar-refractivity contribution in [3.05, 3.63) is 47.8 Å². The number of aryl methyl sites for hydroxylation is 1. The fourth-order valence-electron chi connectivity index (χ4n) is 3.37. The Morgan fingerprint density at radius 3 is 2.88 bits per heavy atom. The van der Waals surface area contributed by atoms with Crippen LogP contribution >= 0.6 is 0 Å². The Morgan fingerprint density at radius 2 is 2.15 bits per heavy atom. The predicted octanol–water partition coefficient (Wildman–Crippen LogP) is 1.54. The number of aliphatic hydroxyl groups is 1. The Hall–Kier alpha value is -2.67. The van der Waals surface area contributed by atoms with Gasteiger partial charge in [0, 0.05) is 38.8 Å². The topological polar surface area (TPSA) is 81.6 Å². The smallest absolute Gasteiger partial charge is 0.253 e. The summed E-state index contributed by atoms with van der Waals surface area (Å²) in [6.45, 7) is 3.31. The van der Waals surface area contributed by atoms with E-state index in [0.717, 1.165) is 17.2 Å². The second-order valence-corrected chi connectivity index (χ2v) is 6.88. The van der Waals surface area contributed by atoms with E-state index in [2.05, 4.69) is 15.3 Å². The van der Waals surface area contributed by atoms with E-state index in [0.29, 0.717) is 25.1 Å². The van der Waals surface area contributed by atoms with Crippen LogP contribution < -0.4 is 10.2 Å². The first-order valence-corrected chi connectivity index (χ1v) is 8.70. The van der Waals surface area contributed by atoms with Crippen molar-refractivity contribution < 1.29 is 9.90 Å². The van der Waals surface area contributed by atoms with Gasteiger partial charge < -0.3 is 20.2 Å². The van der Waals surface area contributed by atoms with Crippen LogP contribution in [0.2, 0.25) is 0 Å². The molecule has 7 nitrogen and oxygen atoms in total. The number of hydrogen-bond donors (Lipinski definition) is 2. The maximum absolute atomic E-state index is 12.7. The maximum Gasteiger partial charge on any atom is 0.253 e. The van der Waals surface area contributed by atoms with Crippen LogP contribution in [0.5, 0.6) is 0 Å². The highest BCUT2D eigenvalue weighted by Crippen LogP contribution is 2.27. The average molecular weight is 355 g/mol. The second kappa shape index (κ2) is 7.29. The lowest BCUT2D eigenvalue weighted by molar-refractivity contribution is 0.0264. The van der Waals surface area contributed by atoms with Crippen LogP contribution in [0.25, 0.3) is 0 Å². The number of hydrogen-bond acceptors (Lipinski definition) is 6. The van der Waals surface area contributed by atoms with Gasteiger partial charge in [0.05, 0.1) is 6.54 Å². The molecule has 7 heteroatoms. The Bertz CT molecular complexity index is 797. The van der Waals surface area contributed by atoms with Crippen LogP contribution in [-0.4, -0.2) is 65.2 Å². The summed E-state index contributed by atoms with van der Waals surface area (Å²) in [5.41, 5.74) is 0.644. The van der Waals surface area contributed by atoms with Gasteiger partial charge >= 0.3 is 0 Å². The molecule has 0 radical (unpaired) electrons. The lowest BCUT2D eigenvalue weighted by Gasteiger charge is -2.29. The summed E-state index contributed by atoms with van der Waals surface area (Å²) in [6.07, 6.45) is 2.09. The average Bonchev–Trinajstić information content (AvgIpc) is 3.03. The summed E-state index contributed by atoms with van der Waals surface area (Å²) in [5.74, 6) is 1.43. The van der Waals surface area contributed by atoms with Crippen molar-refractivity contribution in [3.8, 4) is 0 Å². The number of benzene rings is 1. The molecule has 0 bridgehead atoms. The van der Waals surface area contributed by atoms with Crippen molar-refractivity contribution in [2.45, 2.75) is 18.9 Å². The number of nitrogens with one attached hydrogen (secondary N) is 1. The van der Waals surface area contributed by atoms with E-state index in [1.54, 1.807) is 19.0 Å². The molecule has 1 aromatic heterocycles. The van der Waals surface area contributed by atoms with Crippen molar-refractivity contribution in [3.63, 3.8) is 0 Å². The van der Waals surface area contributed by atoms with E-state index in [4.69, 9.17) is 0 Å². The molecule has 1 atom stereocenters. The van der Waals surface area contributed by atoms with Gasteiger partial charge in [-0.2, -0.15) is 0 Å². The molecule has 3 rings (SSSR count). The largest absolute Gasteiger partial charge is 0.386 e. The van der Waals surface area contributed by atoms with Gasteiger partial charge in [0.1, 0.15) is 23.6 Å². The van der Waals surface area contributed by atoms with E-state index < -0.39 is 5.60 Å². The normalized spacial score (nSPS) is 19.5. The van der Waals surface area contributed by atoms with Gasteiger partial charge in [0.15, 0.2) is 0 Å². The van der Waals surface area contributed by atoms with Crippen LogP contribution in [0, 0.1) is 6.92 Å². The molecule has 2 heterocycles. The first-order valence-electron chi connectivity index (χ1n) is 8.70. The fourth-order valence-corrected chi connectivity index (χ4v) is 3.37. The summed E-state index contributed by atoms with van der Waals surface area (Å²) in [5, 5.41) is 14.0. The highest BCUT2D eigenvalue weighted by Gasteiger charge is 2.38. The molecule has 2 aromatic rings. The van der Waals surface area contributed by atoms with Crippen LogP contribution in [0.1, 0.15) is 22.3 Å². The number of carbonyl (C=O) groups is 1. The number of amides is 1. The summed E-state index contributed by atoms with van der Waals surface area (Å²) in [6, 6.07) is 9.36. The molecule has 1 aliphatic heterocycles. The quantitative estimate of drug-likeness (QED) is 0.847. The molecule has 0 saturated carbocycles. The number of rotatable bonds is 5.